The van der Waals surface area contributed by atoms with Gasteiger partial charge in [0.15, 0.2) is 17.3 Å². The minimum atomic E-state index is -0.438. The van der Waals surface area contributed by atoms with Crippen LogP contribution in [0.1, 0.15) is 35.4 Å². The quantitative estimate of drug-likeness (QED) is 0.878. The number of hydrogen-bond acceptors (Lipinski definition) is 4. The number of amides is 1. The number of carbonyl (C=O) groups excluding carboxylic acids is 1. The van der Waals surface area contributed by atoms with Gasteiger partial charge in [-0.25, -0.2) is 4.39 Å². The van der Waals surface area contributed by atoms with Crippen LogP contribution in [0.5, 0.6) is 5.75 Å². The standard InChI is InChI=1S/C17H20FN3O3/c18-14-6-1-2-7-16(14)24-11-12-9-15(20-19-12)17(23)21-8-4-3-5-13(21)10-22/h1-2,6-7,9,13,22H,3-5,8,10-11H2,(H,19,20)/t13-/m1/s1. The third kappa shape index (κ3) is 3.56. The Hall–Kier alpha value is -2.41. The number of piperidine rings is 1. The number of carbonyl (C=O) groups is 1. The van der Waals surface area contributed by atoms with Crippen LogP contribution >= 0.6 is 0 Å². The number of nitrogens with zero attached hydrogens (tertiary/aromatic N) is 2. The fraction of sp³-hybridized carbons (Fsp3) is 0.412. The highest BCUT2D eigenvalue weighted by atomic mass is 19.1. The minimum absolute atomic E-state index is 0.0422. The van der Waals surface area contributed by atoms with Gasteiger partial charge < -0.3 is 14.7 Å². The van der Waals surface area contributed by atoms with Crippen molar-refractivity contribution in [1.29, 1.82) is 0 Å². The molecule has 0 saturated carbocycles. The number of halogens is 1. The van der Waals surface area contributed by atoms with Crippen LogP contribution in [0.25, 0.3) is 0 Å². The summed E-state index contributed by atoms with van der Waals surface area (Å²) in [5, 5.41) is 16.2. The average molecular weight is 333 g/mol. The Labute approximate surface area is 139 Å². The van der Waals surface area contributed by atoms with Crippen molar-refractivity contribution in [3.63, 3.8) is 0 Å². The SMILES string of the molecule is O=C(c1cc(COc2ccccc2F)[nH]n1)N1CCCC[C@@H]1CO. The summed E-state index contributed by atoms with van der Waals surface area (Å²) < 4.78 is 18.9. The van der Waals surface area contributed by atoms with E-state index in [1.165, 1.54) is 12.1 Å². The smallest absolute Gasteiger partial charge is 0.274 e. The lowest BCUT2D eigenvalue weighted by atomic mass is 10.0. The largest absolute Gasteiger partial charge is 0.484 e. The van der Waals surface area contributed by atoms with Gasteiger partial charge in [-0.15, -0.1) is 0 Å². The number of aliphatic hydroxyl groups is 1. The average Bonchev–Trinajstić information content (AvgIpc) is 3.09. The van der Waals surface area contributed by atoms with Gasteiger partial charge in [-0.2, -0.15) is 5.10 Å². The molecule has 1 aliphatic heterocycles. The molecule has 3 rings (SSSR count). The minimum Gasteiger partial charge on any atom is -0.484 e. The van der Waals surface area contributed by atoms with Crippen LogP contribution in [-0.2, 0) is 6.61 Å². The molecule has 0 unspecified atom stereocenters. The monoisotopic (exact) mass is 333 g/mol. The Morgan fingerprint density at radius 1 is 1.42 bits per heavy atom. The molecule has 24 heavy (non-hydrogen) atoms. The molecule has 1 saturated heterocycles. The van der Waals surface area contributed by atoms with Crippen LogP contribution in [0, 0.1) is 5.82 Å². The predicted molar refractivity (Wildman–Crippen MR) is 85.1 cm³/mol. The van der Waals surface area contributed by atoms with E-state index in [0.29, 0.717) is 12.2 Å². The van der Waals surface area contributed by atoms with Gasteiger partial charge in [-0.05, 0) is 37.5 Å². The van der Waals surface area contributed by atoms with Gasteiger partial charge in [0.25, 0.3) is 5.91 Å². The maximum Gasteiger partial charge on any atom is 0.274 e. The van der Waals surface area contributed by atoms with Gasteiger partial charge in [0.05, 0.1) is 18.3 Å². The molecule has 1 amide bonds. The molecule has 0 radical (unpaired) electrons. The van der Waals surface area contributed by atoms with Crippen LogP contribution in [0.3, 0.4) is 0 Å². The number of H-pyrrole nitrogens is 1. The molecule has 0 aliphatic carbocycles. The summed E-state index contributed by atoms with van der Waals surface area (Å²) in [5.41, 5.74) is 0.863. The van der Waals surface area contributed by atoms with E-state index in [1.807, 2.05) is 0 Å². The Balaban J connectivity index is 1.64. The van der Waals surface area contributed by atoms with Crippen LogP contribution in [0.15, 0.2) is 30.3 Å². The highest BCUT2D eigenvalue weighted by Crippen LogP contribution is 2.20. The van der Waals surface area contributed by atoms with Gasteiger partial charge in [0, 0.05) is 6.54 Å². The summed E-state index contributed by atoms with van der Waals surface area (Å²) >= 11 is 0. The molecule has 1 aromatic heterocycles. The number of rotatable bonds is 5. The lowest BCUT2D eigenvalue weighted by Gasteiger charge is -2.34. The Kier molecular flexibility index (Phi) is 5.10. The number of aliphatic hydroxyl groups excluding tert-OH is 1. The van der Waals surface area contributed by atoms with Crippen molar-refractivity contribution in [1.82, 2.24) is 15.1 Å². The predicted octanol–water partition coefficient (Wildman–Crippen LogP) is 2.11. The van der Waals surface area contributed by atoms with Gasteiger partial charge in [-0.1, -0.05) is 12.1 Å². The maximum atomic E-state index is 13.5. The molecule has 6 nitrogen and oxygen atoms in total. The molecule has 1 aliphatic rings. The maximum absolute atomic E-state index is 13.5. The lowest BCUT2D eigenvalue weighted by molar-refractivity contribution is 0.0497. The first-order valence-corrected chi connectivity index (χ1v) is 8.02. The van der Waals surface area contributed by atoms with Crippen molar-refractivity contribution >= 4 is 5.91 Å². The zero-order chi connectivity index (χ0) is 16.9. The van der Waals surface area contributed by atoms with Gasteiger partial charge >= 0.3 is 0 Å². The van der Waals surface area contributed by atoms with E-state index >= 15 is 0 Å². The molecule has 7 heteroatoms. The van der Waals surface area contributed by atoms with Crippen LogP contribution in [0.2, 0.25) is 0 Å². The molecule has 0 bridgehead atoms. The fourth-order valence-corrected chi connectivity index (χ4v) is 2.87. The number of hydrogen-bond donors (Lipinski definition) is 2. The molecule has 1 fully saturated rings. The number of benzene rings is 1. The highest BCUT2D eigenvalue weighted by molar-refractivity contribution is 5.92. The Bertz CT molecular complexity index is 704. The number of ether oxygens (including phenoxy) is 1. The van der Waals surface area contributed by atoms with Crippen molar-refractivity contribution < 1.29 is 19.0 Å². The lowest BCUT2D eigenvalue weighted by Crippen LogP contribution is -2.45. The first-order chi connectivity index (χ1) is 11.7. The zero-order valence-electron chi connectivity index (χ0n) is 13.2. The topological polar surface area (TPSA) is 78.5 Å². The summed E-state index contributed by atoms with van der Waals surface area (Å²) in [7, 11) is 0. The molecule has 2 heterocycles. The number of likely N-dealkylation sites (tertiary alicyclic amines) is 1. The number of aromatic nitrogens is 2. The summed E-state index contributed by atoms with van der Waals surface area (Å²) in [6.07, 6.45) is 2.74. The van der Waals surface area contributed by atoms with E-state index in [1.54, 1.807) is 23.1 Å². The summed E-state index contributed by atoms with van der Waals surface area (Å²) in [5.74, 6) is -0.495. The highest BCUT2D eigenvalue weighted by Gasteiger charge is 2.28. The van der Waals surface area contributed by atoms with Gasteiger partial charge in [0.2, 0.25) is 0 Å². The van der Waals surface area contributed by atoms with Crippen molar-refractivity contribution in [2.24, 2.45) is 0 Å². The third-order valence-electron chi connectivity index (χ3n) is 4.17. The molecule has 128 valence electrons. The van der Waals surface area contributed by atoms with Crippen molar-refractivity contribution in [3.8, 4) is 5.75 Å². The second kappa shape index (κ2) is 7.44. The van der Waals surface area contributed by atoms with E-state index in [4.69, 9.17) is 4.74 Å². The number of aromatic amines is 1. The van der Waals surface area contributed by atoms with E-state index in [2.05, 4.69) is 10.2 Å². The molecular weight excluding hydrogens is 313 g/mol. The van der Waals surface area contributed by atoms with E-state index < -0.39 is 5.82 Å². The van der Waals surface area contributed by atoms with Crippen LogP contribution in [0.4, 0.5) is 4.39 Å². The first kappa shape index (κ1) is 16.4. The normalized spacial score (nSPS) is 17.8. The van der Waals surface area contributed by atoms with E-state index in [-0.39, 0.29) is 36.6 Å². The second-order valence-electron chi connectivity index (χ2n) is 5.83. The van der Waals surface area contributed by atoms with Gasteiger partial charge in [0.1, 0.15) is 6.61 Å². The molecule has 2 aromatic rings. The van der Waals surface area contributed by atoms with Gasteiger partial charge in [-0.3, -0.25) is 9.89 Å². The molecule has 1 aromatic carbocycles. The summed E-state index contributed by atoms with van der Waals surface area (Å²) in [4.78, 5) is 14.2. The molecular formula is C17H20FN3O3. The van der Waals surface area contributed by atoms with Crippen molar-refractivity contribution in [2.75, 3.05) is 13.2 Å². The van der Waals surface area contributed by atoms with Crippen molar-refractivity contribution in [3.05, 3.63) is 47.5 Å². The fourth-order valence-electron chi connectivity index (χ4n) is 2.87. The number of nitrogens with one attached hydrogen (secondary N) is 1. The first-order valence-electron chi connectivity index (χ1n) is 8.02. The molecule has 0 spiro atoms. The Morgan fingerprint density at radius 3 is 3.04 bits per heavy atom. The zero-order valence-corrected chi connectivity index (χ0v) is 13.2. The number of para-hydroxylation sites is 1. The Morgan fingerprint density at radius 2 is 2.25 bits per heavy atom. The van der Waals surface area contributed by atoms with Crippen LogP contribution < -0.4 is 4.74 Å². The summed E-state index contributed by atoms with van der Waals surface area (Å²) in [6.45, 7) is 0.669. The second-order valence-corrected chi connectivity index (χ2v) is 5.83. The third-order valence-corrected chi connectivity index (χ3v) is 4.17. The molecule has 2 N–H and O–H groups in total. The molecule has 1 atom stereocenters. The van der Waals surface area contributed by atoms with E-state index in [9.17, 15) is 14.3 Å². The van der Waals surface area contributed by atoms with E-state index in [0.717, 1.165) is 19.3 Å². The summed E-state index contributed by atoms with van der Waals surface area (Å²) in [6, 6.07) is 7.59. The van der Waals surface area contributed by atoms with Crippen molar-refractivity contribution in [2.45, 2.75) is 31.9 Å². The van der Waals surface area contributed by atoms with Crippen LogP contribution in [-0.4, -0.2) is 45.3 Å².